The summed E-state index contributed by atoms with van der Waals surface area (Å²) < 4.78 is 49.9. The van der Waals surface area contributed by atoms with Crippen molar-refractivity contribution in [2.24, 2.45) is 4.36 Å². The third-order valence-electron chi connectivity index (χ3n) is 6.89. The van der Waals surface area contributed by atoms with Gasteiger partial charge in [0.25, 0.3) is 0 Å². The molecule has 4 atom stereocenters. The Morgan fingerprint density at radius 3 is 2.87 bits per heavy atom. The Balaban J connectivity index is 1.33. The Morgan fingerprint density at radius 2 is 2.03 bits per heavy atom. The fraction of sp³-hybridized carbons (Fsp3) is 0.321. The lowest BCUT2D eigenvalue weighted by atomic mass is 10.0. The summed E-state index contributed by atoms with van der Waals surface area (Å²) in [6, 6.07) is 13.5. The van der Waals surface area contributed by atoms with E-state index in [4.69, 9.17) is 14.2 Å². The van der Waals surface area contributed by atoms with E-state index in [0.717, 1.165) is 28.6 Å². The van der Waals surface area contributed by atoms with Gasteiger partial charge in [-0.15, -0.1) is 0 Å². The number of fused-ring (bicyclic) bond motifs is 2. The maximum atomic E-state index is 14.2. The van der Waals surface area contributed by atoms with E-state index in [9.17, 15) is 8.60 Å². The Morgan fingerprint density at radius 1 is 1.13 bits per heavy atom. The highest BCUT2D eigenvalue weighted by atomic mass is 32.2. The van der Waals surface area contributed by atoms with Crippen molar-refractivity contribution in [3.8, 4) is 5.75 Å². The summed E-state index contributed by atoms with van der Waals surface area (Å²) in [6.45, 7) is 2.99. The number of nitrogens with zero attached hydrogens (tertiary/aromatic N) is 4. The fourth-order valence-electron chi connectivity index (χ4n) is 5.12. The normalized spacial score (nSPS) is 22.2. The molecular formula is C28H27FN4O4S. The second kappa shape index (κ2) is 10.0. The number of benzene rings is 2. The van der Waals surface area contributed by atoms with Crippen LogP contribution in [0.4, 0.5) is 10.1 Å². The molecule has 4 heterocycles. The standard InChI is InChI=1S/C28H27FN4O4S/c1-17-11-20(33-38(2,34)26-5-3-4-9-30-26)14-22-27(17)21(31-16-32-22)12-18-6-7-19(29)13-24(18)37-25-15-36-23-8-10-35-28(23)25/h3-7,9,11,13-14,16,23,25,28H,8,10,12,15H2,1-2H3/t23-,25-,28+,38?/m1/s1. The smallest absolute Gasteiger partial charge is 0.150 e. The zero-order valence-electron chi connectivity index (χ0n) is 21.0. The van der Waals surface area contributed by atoms with Crippen LogP contribution in [0.5, 0.6) is 5.75 Å². The molecule has 2 fully saturated rings. The molecule has 0 radical (unpaired) electrons. The number of aromatic nitrogens is 3. The molecule has 0 amide bonds. The molecule has 0 saturated carbocycles. The first-order valence-corrected chi connectivity index (χ1v) is 14.4. The quantitative estimate of drug-likeness (QED) is 0.351. The first-order chi connectivity index (χ1) is 18.4. The highest BCUT2D eigenvalue weighted by Crippen LogP contribution is 2.33. The first kappa shape index (κ1) is 24.8. The molecule has 2 aliphatic heterocycles. The van der Waals surface area contributed by atoms with Crippen molar-refractivity contribution in [3.05, 3.63) is 83.7 Å². The van der Waals surface area contributed by atoms with Gasteiger partial charge < -0.3 is 14.2 Å². The van der Waals surface area contributed by atoms with Crippen molar-refractivity contribution in [1.29, 1.82) is 0 Å². The van der Waals surface area contributed by atoms with Crippen LogP contribution in [0.1, 0.15) is 23.2 Å². The molecule has 2 saturated heterocycles. The Bertz CT molecular complexity index is 1620. The van der Waals surface area contributed by atoms with Crippen LogP contribution in [-0.4, -0.2) is 56.9 Å². The molecular weight excluding hydrogens is 507 g/mol. The number of halogens is 1. The van der Waals surface area contributed by atoms with Gasteiger partial charge >= 0.3 is 0 Å². The summed E-state index contributed by atoms with van der Waals surface area (Å²) in [5.74, 6) is 0.0736. The van der Waals surface area contributed by atoms with Gasteiger partial charge in [-0.3, -0.25) is 0 Å². The van der Waals surface area contributed by atoms with Crippen molar-refractivity contribution in [2.45, 2.75) is 43.1 Å². The number of ether oxygens (including phenoxy) is 3. The number of pyridine rings is 1. The lowest BCUT2D eigenvalue weighted by molar-refractivity contribution is 0.0304. The van der Waals surface area contributed by atoms with E-state index in [1.165, 1.54) is 18.5 Å². The molecule has 0 N–H and O–H groups in total. The zero-order chi connectivity index (χ0) is 26.3. The highest BCUT2D eigenvalue weighted by Gasteiger charge is 2.43. The summed E-state index contributed by atoms with van der Waals surface area (Å²) in [5.41, 5.74) is 3.70. The Kier molecular flexibility index (Phi) is 6.55. The lowest BCUT2D eigenvalue weighted by Gasteiger charge is -2.20. The van der Waals surface area contributed by atoms with Gasteiger partial charge in [-0.2, -0.15) is 4.36 Å². The first-order valence-electron chi connectivity index (χ1n) is 12.4. The molecule has 4 aromatic rings. The molecule has 196 valence electrons. The predicted molar refractivity (Wildman–Crippen MR) is 141 cm³/mol. The molecule has 38 heavy (non-hydrogen) atoms. The van der Waals surface area contributed by atoms with E-state index in [-0.39, 0.29) is 24.1 Å². The maximum absolute atomic E-state index is 14.2. The van der Waals surface area contributed by atoms with Gasteiger partial charge in [-0.25, -0.2) is 23.6 Å². The summed E-state index contributed by atoms with van der Waals surface area (Å²) in [5, 5.41) is 1.29. The molecule has 2 aromatic heterocycles. The Hall–Kier alpha value is -3.47. The van der Waals surface area contributed by atoms with Crippen LogP contribution in [0.15, 0.2) is 70.4 Å². The minimum Gasteiger partial charge on any atom is -0.485 e. The van der Waals surface area contributed by atoms with Crippen molar-refractivity contribution >= 4 is 26.3 Å². The molecule has 1 unspecified atom stereocenters. The van der Waals surface area contributed by atoms with Crippen LogP contribution in [0.2, 0.25) is 0 Å². The molecule has 0 spiro atoms. The van der Waals surface area contributed by atoms with Crippen molar-refractivity contribution < 1.29 is 22.8 Å². The van der Waals surface area contributed by atoms with Crippen LogP contribution >= 0.6 is 0 Å². The summed E-state index contributed by atoms with van der Waals surface area (Å²) in [6.07, 6.45) is 5.52. The number of hydrogen-bond acceptors (Lipinski definition) is 8. The molecule has 6 rings (SSSR count). The molecule has 8 nitrogen and oxygen atoms in total. The van der Waals surface area contributed by atoms with Crippen LogP contribution < -0.4 is 4.74 Å². The average Bonchev–Trinajstić information content (AvgIpc) is 3.51. The molecule has 0 aliphatic carbocycles. The van der Waals surface area contributed by atoms with Crippen LogP contribution in [0.3, 0.4) is 0 Å². The van der Waals surface area contributed by atoms with Gasteiger partial charge in [0.1, 0.15) is 29.0 Å². The minimum atomic E-state index is -2.74. The third kappa shape index (κ3) is 4.87. The molecule has 2 aliphatic rings. The topological polar surface area (TPSA) is 95.8 Å². The number of rotatable bonds is 6. The second-order valence-electron chi connectivity index (χ2n) is 9.62. The van der Waals surface area contributed by atoms with E-state index < -0.39 is 9.73 Å². The largest absolute Gasteiger partial charge is 0.485 e. The van der Waals surface area contributed by atoms with Gasteiger partial charge in [-0.05, 0) is 49.2 Å². The van der Waals surface area contributed by atoms with Gasteiger partial charge in [-0.1, -0.05) is 12.1 Å². The monoisotopic (exact) mass is 534 g/mol. The van der Waals surface area contributed by atoms with E-state index in [1.807, 2.05) is 13.0 Å². The fourth-order valence-corrected chi connectivity index (χ4v) is 6.31. The van der Waals surface area contributed by atoms with E-state index in [1.54, 1.807) is 42.8 Å². The number of hydrogen-bond donors (Lipinski definition) is 0. The average molecular weight is 535 g/mol. The summed E-state index contributed by atoms with van der Waals surface area (Å²) in [7, 11) is -2.74. The second-order valence-corrected chi connectivity index (χ2v) is 11.8. The number of aryl methyl sites for hydroxylation is 1. The summed E-state index contributed by atoms with van der Waals surface area (Å²) in [4.78, 5) is 13.2. The molecule has 10 heteroatoms. The van der Waals surface area contributed by atoms with Crippen LogP contribution in [0, 0.1) is 12.7 Å². The van der Waals surface area contributed by atoms with Gasteiger partial charge in [0.15, 0.2) is 6.10 Å². The van der Waals surface area contributed by atoms with E-state index >= 15 is 0 Å². The van der Waals surface area contributed by atoms with Gasteiger partial charge in [0.05, 0.1) is 39.3 Å². The lowest BCUT2D eigenvalue weighted by Crippen LogP contribution is -2.32. The molecule has 2 aromatic carbocycles. The van der Waals surface area contributed by atoms with Crippen molar-refractivity contribution in [1.82, 2.24) is 15.0 Å². The van der Waals surface area contributed by atoms with Gasteiger partial charge in [0.2, 0.25) is 0 Å². The van der Waals surface area contributed by atoms with Crippen molar-refractivity contribution in [3.63, 3.8) is 0 Å². The van der Waals surface area contributed by atoms with Crippen LogP contribution in [-0.2, 0) is 25.6 Å². The van der Waals surface area contributed by atoms with E-state index in [0.29, 0.717) is 41.6 Å². The van der Waals surface area contributed by atoms with Gasteiger partial charge in [0, 0.05) is 42.5 Å². The highest BCUT2D eigenvalue weighted by molar-refractivity contribution is 7.93. The zero-order valence-corrected chi connectivity index (χ0v) is 21.9. The third-order valence-corrected chi connectivity index (χ3v) is 8.47. The SMILES string of the molecule is Cc1cc(N=S(C)(=O)c2ccccn2)cc2ncnc(Cc3ccc(F)cc3O[C@@H]3CO[C@@H]4CCO[C@@H]43)c12. The molecule has 0 bridgehead atoms. The Labute approximate surface area is 220 Å². The predicted octanol–water partition coefficient (Wildman–Crippen LogP) is 4.79. The van der Waals surface area contributed by atoms with Crippen molar-refractivity contribution in [2.75, 3.05) is 19.5 Å². The minimum absolute atomic E-state index is 0.0283. The van der Waals surface area contributed by atoms with Crippen LogP contribution in [0.25, 0.3) is 10.9 Å². The van der Waals surface area contributed by atoms with E-state index in [2.05, 4.69) is 19.3 Å². The summed E-state index contributed by atoms with van der Waals surface area (Å²) >= 11 is 0. The maximum Gasteiger partial charge on any atom is 0.150 e.